The summed E-state index contributed by atoms with van der Waals surface area (Å²) < 4.78 is 6.26. The first-order chi connectivity index (χ1) is 15.8. The Bertz CT molecular complexity index is 1410. The summed E-state index contributed by atoms with van der Waals surface area (Å²) >= 11 is 6.45. The van der Waals surface area contributed by atoms with Crippen LogP contribution in [0.25, 0.3) is 33.5 Å². The molecule has 0 aliphatic carbocycles. The third-order valence-corrected chi connectivity index (χ3v) is 6.48. The molecule has 0 atom stereocenters. The van der Waals surface area contributed by atoms with Crippen molar-refractivity contribution in [1.29, 1.82) is 0 Å². The quantitative estimate of drug-likeness (QED) is 0.439. The summed E-state index contributed by atoms with van der Waals surface area (Å²) in [5.74, 6) is 1.59. The van der Waals surface area contributed by atoms with Crippen molar-refractivity contribution < 1.29 is 9.32 Å². The molecule has 0 unspecified atom stereocenters. The smallest absolute Gasteiger partial charge is 0.196 e. The van der Waals surface area contributed by atoms with Gasteiger partial charge in [0.25, 0.3) is 0 Å². The highest BCUT2D eigenvalue weighted by molar-refractivity contribution is 6.32. The van der Waals surface area contributed by atoms with E-state index in [0.717, 1.165) is 76.2 Å². The first-order valence-electron chi connectivity index (χ1n) is 10.9. The van der Waals surface area contributed by atoms with Gasteiger partial charge in [-0.3, -0.25) is 4.90 Å². The number of quaternary nitrogens is 1. The number of hydrogen-bond donors (Lipinski definition) is 1. The van der Waals surface area contributed by atoms with Crippen molar-refractivity contribution in [3.63, 3.8) is 0 Å². The third-order valence-electron chi connectivity index (χ3n) is 6.16. The maximum atomic E-state index is 6.45. The second-order valence-corrected chi connectivity index (χ2v) is 8.49. The molecule has 1 N–H and O–H groups in total. The SMILES string of the molecule is Clc1ccccc1[NH+]1CCN(c2nc(-c3ccccc3)nc3c2oc2ccccc23)CC1. The van der Waals surface area contributed by atoms with Gasteiger partial charge in [0, 0.05) is 17.0 Å². The van der Waals surface area contributed by atoms with Gasteiger partial charge in [0.2, 0.25) is 0 Å². The highest BCUT2D eigenvalue weighted by atomic mass is 35.5. The molecular formula is C26H22ClN4O+. The minimum atomic E-state index is 0.723. The molecule has 32 heavy (non-hydrogen) atoms. The average molecular weight is 442 g/mol. The maximum Gasteiger partial charge on any atom is 0.196 e. The molecule has 3 heterocycles. The topological polar surface area (TPSA) is 46.6 Å². The Morgan fingerprint density at radius 3 is 2.34 bits per heavy atom. The van der Waals surface area contributed by atoms with Gasteiger partial charge in [-0.05, 0) is 18.2 Å². The first-order valence-corrected chi connectivity index (χ1v) is 11.2. The average Bonchev–Trinajstić information content (AvgIpc) is 3.23. The van der Waals surface area contributed by atoms with Crippen molar-refractivity contribution in [2.24, 2.45) is 0 Å². The molecule has 0 bridgehead atoms. The van der Waals surface area contributed by atoms with Gasteiger partial charge in [-0.2, -0.15) is 0 Å². The normalized spacial score (nSPS) is 15.0. The number of nitrogens with one attached hydrogen (secondary N) is 1. The van der Waals surface area contributed by atoms with E-state index in [1.807, 2.05) is 60.7 Å². The van der Waals surface area contributed by atoms with Crippen LogP contribution >= 0.6 is 11.6 Å². The molecule has 6 heteroatoms. The van der Waals surface area contributed by atoms with Crippen molar-refractivity contribution in [3.05, 3.63) is 83.9 Å². The summed E-state index contributed by atoms with van der Waals surface area (Å²) in [6.07, 6.45) is 0. The molecule has 3 aromatic carbocycles. The van der Waals surface area contributed by atoms with E-state index in [9.17, 15) is 0 Å². The number of benzene rings is 3. The lowest BCUT2D eigenvalue weighted by Crippen LogP contribution is -3.10. The van der Waals surface area contributed by atoms with E-state index < -0.39 is 0 Å². The Labute approximate surface area is 190 Å². The van der Waals surface area contributed by atoms with E-state index in [4.69, 9.17) is 26.0 Å². The predicted octanol–water partition coefficient (Wildman–Crippen LogP) is 4.73. The molecule has 5 nitrogen and oxygen atoms in total. The molecule has 158 valence electrons. The second kappa shape index (κ2) is 7.93. The number of rotatable bonds is 3. The number of furan rings is 1. The lowest BCUT2D eigenvalue weighted by Gasteiger charge is -2.33. The standard InChI is InChI=1S/C26H21ClN4O/c27-20-11-5-6-12-21(20)30-14-16-31(17-15-30)26-24-23(19-10-4-7-13-22(19)32-24)28-25(29-26)18-8-2-1-3-9-18/h1-13H,14-17H2/p+1. The molecule has 6 rings (SSSR count). The van der Waals surface area contributed by atoms with Gasteiger partial charge < -0.3 is 9.32 Å². The minimum absolute atomic E-state index is 0.723. The van der Waals surface area contributed by atoms with Gasteiger partial charge in [-0.15, -0.1) is 0 Å². The second-order valence-electron chi connectivity index (χ2n) is 8.08. The van der Waals surface area contributed by atoms with Crippen LogP contribution in [0.15, 0.2) is 83.3 Å². The summed E-state index contributed by atoms with van der Waals surface area (Å²) in [6.45, 7) is 3.60. The fourth-order valence-electron chi connectivity index (χ4n) is 4.51. The van der Waals surface area contributed by atoms with Crippen molar-refractivity contribution in [3.8, 4) is 11.4 Å². The molecule has 2 aromatic heterocycles. The minimum Gasteiger partial charge on any atom is -0.450 e. The summed E-state index contributed by atoms with van der Waals surface area (Å²) in [5, 5.41) is 1.84. The Hall–Kier alpha value is -3.41. The number of nitrogens with zero attached hydrogens (tertiary/aromatic N) is 3. The Morgan fingerprint density at radius 2 is 1.53 bits per heavy atom. The van der Waals surface area contributed by atoms with E-state index in [1.165, 1.54) is 4.90 Å². The molecule has 0 saturated carbocycles. The molecule has 0 spiro atoms. The van der Waals surface area contributed by atoms with Crippen LogP contribution in [0.1, 0.15) is 0 Å². The van der Waals surface area contributed by atoms with Crippen molar-refractivity contribution >= 4 is 45.2 Å². The molecule has 0 radical (unpaired) electrons. The largest absolute Gasteiger partial charge is 0.450 e. The van der Waals surface area contributed by atoms with Crippen LogP contribution in [-0.4, -0.2) is 36.1 Å². The highest BCUT2D eigenvalue weighted by Crippen LogP contribution is 2.34. The van der Waals surface area contributed by atoms with Gasteiger partial charge in [0.05, 0.1) is 26.2 Å². The van der Waals surface area contributed by atoms with Crippen LogP contribution in [0.2, 0.25) is 5.02 Å². The van der Waals surface area contributed by atoms with Gasteiger partial charge in [0.1, 0.15) is 21.8 Å². The van der Waals surface area contributed by atoms with Crippen molar-refractivity contribution in [2.45, 2.75) is 0 Å². The predicted molar refractivity (Wildman–Crippen MR) is 129 cm³/mol. The molecule has 5 aromatic rings. The summed E-state index contributed by atoms with van der Waals surface area (Å²) in [6, 6.07) is 26.3. The Morgan fingerprint density at radius 1 is 0.812 bits per heavy atom. The van der Waals surface area contributed by atoms with Gasteiger partial charge in [0.15, 0.2) is 17.2 Å². The highest BCUT2D eigenvalue weighted by Gasteiger charge is 2.27. The summed E-state index contributed by atoms with van der Waals surface area (Å²) in [5.41, 5.74) is 4.62. The number of para-hydroxylation sites is 2. The van der Waals surface area contributed by atoms with Crippen LogP contribution in [-0.2, 0) is 0 Å². The number of fused-ring (bicyclic) bond motifs is 3. The van der Waals surface area contributed by atoms with Gasteiger partial charge >= 0.3 is 0 Å². The van der Waals surface area contributed by atoms with Crippen molar-refractivity contribution in [1.82, 2.24) is 9.97 Å². The number of anilines is 1. The van der Waals surface area contributed by atoms with Crippen LogP contribution in [0.3, 0.4) is 0 Å². The van der Waals surface area contributed by atoms with E-state index in [1.54, 1.807) is 0 Å². The number of piperazine rings is 1. The van der Waals surface area contributed by atoms with Crippen LogP contribution < -0.4 is 9.80 Å². The molecule has 1 aliphatic rings. The lowest BCUT2D eigenvalue weighted by molar-refractivity contribution is -0.833. The molecule has 0 amide bonds. The van der Waals surface area contributed by atoms with Crippen LogP contribution in [0.4, 0.5) is 11.5 Å². The zero-order valence-electron chi connectivity index (χ0n) is 17.5. The Balaban J connectivity index is 1.42. The van der Waals surface area contributed by atoms with E-state index in [-0.39, 0.29) is 0 Å². The van der Waals surface area contributed by atoms with Crippen LogP contribution in [0, 0.1) is 0 Å². The monoisotopic (exact) mass is 441 g/mol. The first kappa shape index (κ1) is 19.3. The van der Waals surface area contributed by atoms with E-state index in [2.05, 4.69) is 23.1 Å². The molecular weight excluding hydrogens is 420 g/mol. The van der Waals surface area contributed by atoms with E-state index in [0.29, 0.717) is 0 Å². The maximum absolute atomic E-state index is 6.45. The third kappa shape index (κ3) is 3.30. The van der Waals surface area contributed by atoms with Crippen LogP contribution in [0.5, 0.6) is 0 Å². The zero-order valence-corrected chi connectivity index (χ0v) is 18.2. The molecule has 1 fully saturated rings. The lowest BCUT2D eigenvalue weighted by atomic mass is 10.2. The Kier molecular flexibility index (Phi) is 4.78. The molecule has 1 saturated heterocycles. The van der Waals surface area contributed by atoms with Gasteiger partial charge in [-0.25, -0.2) is 9.97 Å². The summed E-state index contributed by atoms with van der Waals surface area (Å²) in [4.78, 5) is 13.6. The summed E-state index contributed by atoms with van der Waals surface area (Å²) in [7, 11) is 0. The fraction of sp³-hybridized carbons (Fsp3) is 0.154. The van der Waals surface area contributed by atoms with Crippen molar-refractivity contribution in [2.75, 3.05) is 31.1 Å². The number of halogens is 1. The van der Waals surface area contributed by atoms with Gasteiger partial charge in [-0.1, -0.05) is 66.2 Å². The molecule has 1 aliphatic heterocycles. The fourth-order valence-corrected chi connectivity index (χ4v) is 4.78. The van der Waals surface area contributed by atoms with E-state index >= 15 is 0 Å². The zero-order chi connectivity index (χ0) is 21.5. The number of aromatic nitrogens is 2. The number of hydrogen-bond acceptors (Lipinski definition) is 4.